The lowest BCUT2D eigenvalue weighted by Gasteiger charge is -2.41. The fourth-order valence-electron chi connectivity index (χ4n) is 6.33. The van der Waals surface area contributed by atoms with Gasteiger partial charge in [0.05, 0.1) is 32.7 Å². The van der Waals surface area contributed by atoms with Gasteiger partial charge in [-0.3, -0.25) is 9.69 Å². The molecular weight excluding hydrogens is 508 g/mol. The molecule has 2 aromatic rings. The number of carbonyl (C=O) groups excluding carboxylic acids is 2. The summed E-state index contributed by atoms with van der Waals surface area (Å²) < 4.78 is 22.6. The van der Waals surface area contributed by atoms with Gasteiger partial charge in [0.2, 0.25) is 6.79 Å². The van der Waals surface area contributed by atoms with Gasteiger partial charge in [-0.15, -0.1) is 0 Å². The highest BCUT2D eigenvalue weighted by Gasteiger charge is 2.62. The Bertz CT molecular complexity index is 1140. The van der Waals surface area contributed by atoms with Crippen LogP contribution in [0.25, 0.3) is 0 Å². The number of likely N-dealkylation sites (N-methyl/N-ethyl adjacent to an activating group) is 1. The van der Waals surface area contributed by atoms with E-state index in [1.807, 2.05) is 54.3 Å². The summed E-state index contributed by atoms with van der Waals surface area (Å²) in [7, 11) is 1.64. The number of unbranched alkanes of at least 4 members (excludes halogenated alkanes) is 2. The minimum atomic E-state index is -0.559. The summed E-state index contributed by atoms with van der Waals surface area (Å²) in [6.07, 6.45) is 3.91. The van der Waals surface area contributed by atoms with Crippen molar-refractivity contribution in [2.45, 2.75) is 65.3 Å². The molecular formula is C32H45N2O6+. The molecule has 8 heteroatoms. The Morgan fingerprint density at radius 3 is 2.17 bits per heavy atom. The number of esters is 1. The highest BCUT2D eigenvalue weighted by atomic mass is 16.7. The van der Waals surface area contributed by atoms with Crippen LogP contribution in [0.1, 0.15) is 76.5 Å². The third kappa shape index (κ3) is 5.78. The van der Waals surface area contributed by atoms with E-state index in [4.69, 9.17) is 18.9 Å². The minimum Gasteiger partial charge on any atom is -0.497 e. The van der Waals surface area contributed by atoms with E-state index in [1.165, 1.54) is 0 Å². The number of benzene rings is 2. The van der Waals surface area contributed by atoms with E-state index in [-0.39, 0.29) is 35.8 Å². The van der Waals surface area contributed by atoms with E-state index in [1.54, 1.807) is 7.11 Å². The van der Waals surface area contributed by atoms with Crippen LogP contribution in [0.4, 0.5) is 4.79 Å². The number of urea groups is 1. The number of quaternary nitrogens is 1. The van der Waals surface area contributed by atoms with Crippen LogP contribution >= 0.6 is 0 Å². The largest absolute Gasteiger partial charge is 0.497 e. The lowest BCUT2D eigenvalue weighted by molar-refractivity contribution is -0.872. The third-order valence-corrected chi connectivity index (χ3v) is 8.45. The van der Waals surface area contributed by atoms with Crippen molar-refractivity contribution < 1.29 is 33.0 Å². The topological polar surface area (TPSA) is 74.3 Å². The van der Waals surface area contributed by atoms with Crippen molar-refractivity contribution in [2.24, 2.45) is 5.92 Å². The average Bonchev–Trinajstić information content (AvgIpc) is 3.60. The predicted octanol–water partition coefficient (Wildman–Crippen LogP) is 6.30. The molecule has 8 nitrogen and oxygen atoms in total. The molecule has 2 amide bonds. The summed E-state index contributed by atoms with van der Waals surface area (Å²) in [5.74, 6) is 1.01. The van der Waals surface area contributed by atoms with Crippen LogP contribution < -0.4 is 14.2 Å². The van der Waals surface area contributed by atoms with E-state index in [2.05, 4.69) is 20.8 Å². The summed E-state index contributed by atoms with van der Waals surface area (Å²) in [6.45, 7) is 11.1. The maximum atomic E-state index is 14.8. The quantitative estimate of drug-likeness (QED) is 0.227. The van der Waals surface area contributed by atoms with Crippen LogP contribution in [0.5, 0.6) is 17.2 Å². The van der Waals surface area contributed by atoms with Gasteiger partial charge in [-0.25, -0.2) is 9.28 Å². The number of rotatable bonds is 12. The second-order valence-corrected chi connectivity index (χ2v) is 10.7. The number of carbonyl (C=O) groups is 2. The molecule has 2 heterocycles. The molecule has 0 bridgehead atoms. The number of fused-ring (bicyclic) bond motifs is 1. The molecule has 4 rings (SSSR count). The molecule has 0 aromatic heterocycles. The zero-order valence-corrected chi connectivity index (χ0v) is 24.7. The number of methoxy groups -OCH3 is 1. The van der Waals surface area contributed by atoms with Crippen LogP contribution in [-0.2, 0) is 9.53 Å². The van der Waals surface area contributed by atoms with Crippen LogP contribution in [0, 0.1) is 5.92 Å². The molecule has 2 aliphatic heterocycles. The monoisotopic (exact) mass is 553 g/mol. The second kappa shape index (κ2) is 13.4. The van der Waals surface area contributed by atoms with E-state index in [0.29, 0.717) is 37.7 Å². The molecule has 2 aromatic carbocycles. The summed E-state index contributed by atoms with van der Waals surface area (Å²) in [5, 5.41) is 0. The lowest BCUT2D eigenvalue weighted by Crippen LogP contribution is -2.59. The van der Waals surface area contributed by atoms with Crippen molar-refractivity contribution in [3.8, 4) is 17.2 Å². The van der Waals surface area contributed by atoms with Gasteiger partial charge in [-0.2, -0.15) is 0 Å². The molecule has 0 aliphatic carbocycles. The Balaban J connectivity index is 1.88. The van der Waals surface area contributed by atoms with Crippen molar-refractivity contribution in [1.82, 2.24) is 4.90 Å². The molecule has 0 N–H and O–H groups in total. The van der Waals surface area contributed by atoms with Crippen molar-refractivity contribution in [2.75, 3.05) is 46.7 Å². The van der Waals surface area contributed by atoms with E-state index in [0.717, 1.165) is 42.6 Å². The molecule has 1 saturated heterocycles. The third-order valence-electron chi connectivity index (χ3n) is 8.45. The molecule has 218 valence electrons. The highest BCUT2D eigenvalue weighted by Crippen LogP contribution is 2.53. The Labute approximate surface area is 238 Å². The first-order valence-corrected chi connectivity index (χ1v) is 14.8. The van der Waals surface area contributed by atoms with Gasteiger partial charge in [0.25, 0.3) is 0 Å². The first-order chi connectivity index (χ1) is 19.4. The molecule has 2 aliphatic rings. The van der Waals surface area contributed by atoms with Crippen LogP contribution in [0.15, 0.2) is 42.5 Å². The van der Waals surface area contributed by atoms with Gasteiger partial charge in [0, 0.05) is 18.7 Å². The second-order valence-electron chi connectivity index (χ2n) is 10.7. The van der Waals surface area contributed by atoms with Crippen molar-refractivity contribution in [3.63, 3.8) is 0 Å². The number of nitrogens with zero attached hydrogens (tertiary/aromatic N) is 2. The molecule has 0 spiro atoms. The number of amides is 2. The molecule has 0 saturated carbocycles. The Morgan fingerprint density at radius 2 is 1.57 bits per heavy atom. The van der Waals surface area contributed by atoms with Crippen molar-refractivity contribution in [3.05, 3.63) is 53.6 Å². The fraction of sp³-hybridized carbons (Fsp3) is 0.562. The van der Waals surface area contributed by atoms with Crippen molar-refractivity contribution >= 4 is 12.0 Å². The minimum absolute atomic E-state index is 0.0859. The highest BCUT2D eigenvalue weighted by molar-refractivity contribution is 5.77. The fourth-order valence-corrected chi connectivity index (χ4v) is 6.33. The van der Waals surface area contributed by atoms with Gasteiger partial charge < -0.3 is 18.9 Å². The van der Waals surface area contributed by atoms with Gasteiger partial charge in [-0.1, -0.05) is 32.8 Å². The number of hydrogen-bond donors (Lipinski definition) is 0. The maximum absolute atomic E-state index is 14.8. The standard InChI is InChI=1S/C32H45N2O6/c1-6-10-18-33(19-11-7-2)32(36)34(8-3)21-26(24-14-17-27-28(20-24)40-22-39-27)29(31(35)38-9-4)30(34)23-12-15-25(37-5)16-13-23/h12-17,20,26,29-30H,6-11,18-19,21-22H2,1-5H3/q+1/t26-,29-,30+,34-/m1/s1. The van der Waals surface area contributed by atoms with Gasteiger partial charge in [0.15, 0.2) is 11.5 Å². The molecule has 0 unspecified atom stereocenters. The SMILES string of the molecule is CCCCN(CCCC)C(=O)[N@+]1(CC)C[C@H](c2ccc3c(c2)OCO3)[C@@H](C(=O)OCC)[C@@H]1c1ccc(OC)cc1. The Morgan fingerprint density at radius 1 is 0.925 bits per heavy atom. The maximum Gasteiger partial charge on any atom is 0.419 e. The Kier molecular flexibility index (Phi) is 9.95. The molecule has 1 fully saturated rings. The normalized spacial score (nSPS) is 23.2. The molecule has 0 radical (unpaired) electrons. The average molecular weight is 554 g/mol. The summed E-state index contributed by atoms with van der Waals surface area (Å²) in [6, 6.07) is 13.4. The van der Waals surface area contributed by atoms with Gasteiger partial charge in [0.1, 0.15) is 17.7 Å². The van der Waals surface area contributed by atoms with Crippen LogP contribution in [-0.4, -0.2) is 68.1 Å². The van der Waals surface area contributed by atoms with Crippen molar-refractivity contribution in [1.29, 1.82) is 0 Å². The summed E-state index contributed by atoms with van der Waals surface area (Å²) in [5.41, 5.74) is 1.89. The first-order valence-electron chi connectivity index (χ1n) is 14.8. The van der Waals surface area contributed by atoms with E-state index < -0.39 is 12.0 Å². The molecule has 4 atom stereocenters. The summed E-state index contributed by atoms with van der Waals surface area (Å²) in [4.78, 5) is 30.7. The summed E-state index contributed by atoms with van der Waals surface area (Å²) >= 11 is 0. The van der Waals surface area contributed by atoms with Gasteiger partial charge in [-0.05, 0) is 68.7 Å². The smallest absolute Gasteiger partial charge is 0.419 e. The zero-order valence-electron chi connectivity index (χ0n) is 24.7. The lowest BCUT2D eigenvalue weighted by atomic mass is 9.82. The number of ether oxygens (including phenoxy) is 4. The van der Waals surface area contributed by atoms with E-state index in [9.17, 15) is 9.59 Å². The molecule has 40 heavy (non-hydrogen) atoms. The Hall–Kier alpha value is -3.26. The van der Waals surface area contributed by atoms with E-state index >= 15 is 0 Å². The number of likely N-dealkylation sites (tertiary alicyclic amines) is 1. The first kappa shape index (κ1) is 29.7. The van der Waals surface area contributed by atoms with Crippen LogP contribution in [0.3, 0.4) is 0 Å². The predicted molar refractivity (Wildman–Crippen MR) is 154 cm³/mol. The van der Waals surface area contributed by atoms with Gasteiger partial charge >= 0.3 is 12.0 Å². The zero-order chi connectivity index (χ0) is 28.7. The number of hydrogen-bond acceptors (Lipinski definition) is 6. The van der Waals surface area contributed by atoms with Crippen LogP contribution in [0.2, 0.25) is 0 Å².